The molecule has 0 radical (unpaired) electrons. The summed E-state index contributed by atoms with van der Waals surface area (Å²) in [5.74, 6) is 0.251. The van der Waals surface area contributed by atoms with Crippen molar-refractivity contribution in [2.75, 3.05) is 6.61 Å². The van der Waals surface area contributed by atoms with Gasteiger partial charge in [0.1, 0.15) is 0 Å². The van der Waals surface area contributed by atoms with Crippen molar-refractivity contribution in [2.45, 2.75) is 71.1 Å². The van der Waals surface area contributed by atoms with Crippen LogP contribution in [-0.2, 0) is 9.53 Å². The maximum Gasteiger partial charge on any atom is 0.237 e. The van der Waals surface area contributed by atoms with Crippen LogP contribution in [0.4, 0.5) is 0 Å². The van der Waals surface area contributed by atoms with Crippen molar-refractivity contribution in [3.05, 3.63) is 0 Å². The number of hydrogen-bond donors (Lipinski definition) is 2. The zero-order valence-electron chi connectivity index (χ0n) is 12.9. The van der Waals surface area contributed by atoms with Gasteiger partial charge in [-0.3, -0.25) is 4.79 Å². The Hall–Kier alpha value is -0.320. The lowest BCUT2D eigenvalue weighted by molar-refractivity contribution is -0.176. The van der Waals surface area contributed by atoms with Gasteiger partial charge in [-0.1, -0.05) is 26.7 Å². The van der Waals surface area contributed by atoms with Crippen molar-refractivity contribution in [1.29, 1.82) is 0 Å². The van der Waals surface area contributed by atoms with E-state index in [0.717, 1.165) is 19.4 Å². The number of ether oxygens (including phenoxy) is 1. The Bertz CT molecular complexity index is 334. The van der Waals surface area contributed by atoms with E-state index in [4.69, 9.17) is 10.5 Å². The fourth-order valence-corrected chi connectivity index (χ4v) is 3.42. The molecule has 2 aliphatic carbocycles. The summed E-state index contributed by atoms with van der Waals surface area (Å²) in [5.41, 5.74) is 6.22. The molecule has 0 saturated heterocycles. The highest BCUT2D eigenvalue weighted by Crippen LogP contribution is 2.57. The average molecular weight is 305 g/mol. The molecule has 1 amide bonds. The Balaban J connectivity index is 0.00000200. The van der Waals surface area contributed by atoms with Gasteiger partial charge in [-0.2, -0.15) is 0 Å². The molecule has 4 atom stereocenters. The first-order valence-corrected chi connectivity index (χ1v) is 7.72. The minimum Gasteiger partial charge on any atom is -0.378 e. The highest BCUT2D eigenvalue weighted by molar-refractivity contribution is 5.85. The van der Waals surface area contributed by atoms with E-state index in [1.807, 2.05) is 13.8 Å². The van der Waals surface area contributed by atoms with Gasteiger partial charge in [0.05, 0.1) is 12.1 Å². The van der Waals surface area contributed by atoms with Crippen LogP contribution in [-0.4, -0.2) is 30.7 Å². The van der Waals surface area contributed by atoms with Gasteiger partial charge in [-0.15, -0.1) is 12.4 Å². The third kappa shape index (κ3) is 2.97. The smallest absolute Gasteiger partial charge is 0.237 e. The Labute approximate surface area is 128 Å². The minimum atomic E-state index is -0.381. The summed E-state index contributed by atoms with van der Waals surface area (Å²) in [7, 11) is 0. The van der Waals surface area contributed by atoms with Crippen LogP contribution in [0.1, 0.15) is 52.9 Å². The van der Waals surface area contributed by atoms with Gasteiger partial charge in [0, 0.05) is 18.1 Å². The zero-order valence-corrected chi connectivity index (χ0v) is 13.7. The van der Waals surface area contributed by atoms with E-state index in [9.17, 15) is 4.79 Å². The molecule has 2 saturated carbocycles. The van der Waals surface area contributed by atoms with Gasteiger partial charge in [0.2, 0.25) is 5.91 Å². The standard InChI is InChI=1S/C15H28N2O2.ClH/c1-4-10(3)13(16)14(18)17-11-9-12(19-5-2)15(11)7-6-8-15;/h10-13H,4-9,16H2,1-3H3,(H,17,18);1H. The van der Waals surface area contributed by atoms with E-state index in [-0.39, 0.29) is 41.7 Å². The number of carbonyl (C=O) groups is 1. The predicted molar refractivity (Wildman–Crippen MR) is 82.9 cm³/mol. The molecule has 0 aromatic rings. The molecule has 0 aromatic carbocycles. The minimum absolute atomic E-state index is 0. The summed E-state index contributed by atoms with van der Waals surface area (Å²) in [6.07, 6.45) is 5.85. The van der Waals surface area contributed by atoms with Crippen LogP contribution >= 0.6 is 12.4 Å². The molecule has 2 rings (SSSR count). The predicted octanol–water partition coefficient (Wildman–Crippen LogP) is 2.25. The van der Waals surface area contributed by atoms with Gasteiger partial charge < -0.3 is 15.8 Å². The quantitative estimate of drug-likeness (QED) is 0.791. The molecule has 0 bridgehead atoms. The molecular weight excluding hydrogens is 276 g/mol. The van der Waals surface area contributed by atoms with E-state index in [0.29, 0.717) is 6.10 Å². The molecule has 20 heavy (non-hydrogen) atoms. The molecular formula is C15H29ClN2O2. The maximum absolute atomic E-state index is 12.2. The summed E-state index contributed by atoms with van der Waals surface area (Å²) in [4.78, 5) is 12.2. The molecule has 0 heterocycles. The van der Waals surface area contributed by atoms with Crippen molar-refractivity contribution in [1.82, 2.24) is 5.32 Å². The van der Waals surface area contributed by atoms with Crippen molar-refractivity contribution < 1.29 is 9.53 Å². The van der Waals surface area contributed by atoms with E-state index in [1.54, 1.807) is 0 Å². The van der Waals surface area contributed by atoms with Gasteiger partial charge in [0.25, 0.3) is 0 Å². The second-order valence-electron chi connectivity index (χ2n) is 6.24. The van der Waals surface area contributed by atoms with E-state index < -0.39 is 0 Å². The summed E-state index contributed by atoms with van der Waals surface area (Å²) >= 11 is 0. The van der Waals surface area contributed by atoms with E-state index >= 15 is 0 Å². The molecule has 2 fully saturated rings. The van der Waals surface area contributed by atoms with Crippen molar-refractivity contribution in [2.24, 2.45) is 17.1 Å². The topological polar surface area (TPSA) is 64.3 Å². The van der Waals surface area contributed by atoms with Gasteiger partial charge in [-0.05, 0) is 32.1 Å². The van der Waals surface area contributed by atoms with Crippen LogP contribution in [0.25, 0.3) is 0 Å². The second kappa shape index (κ2) is 7.10. The van der Waals surface area contributed by atoms with Crippen LogP contribution in [0, 0.1) is 11.3 Å². The Morgan fingerprint density at radius 1 is 1.45 bits per heavy atom. The van der Waals surface area contributed by atoms with Crippen LogP contribution in [0.5, 0.6) is 0 Å². The third-order valence-corrected chi connectivity index (χ3v) is 5.31. The van der Waals surface area contributed by atoms with Crippen LogP contribution in [0.2, 0.25) is 0 Å². The molecule has 118 valence electrons. The number of nitrogens with one attached hydrogen (secondary N) is 1. The highest BCUT2D eigenvalue weighted by Gasteiger charge is 2.59. The lowest BCUT2D eigenvalue weighted by Crippen LogP contribution is -2.69. The molecule has 5 heteroatoms. The first-order chi connectivity index (χ1) is 9.05. The molecule has 4 unspecified atom stereocenters. The SMILES string of the molecule is CCOC1CC(NC(=O)C(N)C(C)CC)C12CCC2.Cl. The molecule has 3 N–H and O–H groups in total. The number of amides is 1. The lowest BCUT2D eigenvalue weighted by atomic mass is 9.51. The number of carbonyl (C=O) groups excluding carboxylic acids is 1. The number of hydrogen-bond acceptors (Lipinski definition) is 3. The van der Waals surface area contributed by atoms with Gasteiger partial charge in [-0.25, -0.2) is 0 Å². The van der Waals surface area contributed by atoms with Crippen molar-refractivity contribution in [3.63, 3.8) is 0 Å². The number of halogens is 1. The molecule has 4 nitrogen and oxygen atoms in total. The summed E-state index contributed by atoms with van der Waals surface area (Å²) < 4.78 is 5.79. The first-order valence-electron chi connectivity index (χ1n) is 7.72. The summed E-state index contributed by atoms with van der Waals surface area (Å²) in [6, 6.07) is -0.103. The lowest BCUT2D eigenvalue weighted by Gasteiger charge is -2.61. The summed E-state index contributed by atoms with van der Waals surface area (Å²) in [6.45, 7) is 6.91. The molecule has 1 spiro atoms. The number of nitrogens with two attached hydrogens (primary N) is 1. The second-order valence-corrected chi connectivity index (χ2v) is 6.24. The van der Waals surface area contributed by atoms with Gasteiger partial charge >= 0.3 is 0 Å². The van der Waals surface area contributed by atoms with Gasteiger partial charge in [0.15, 0.2) is 0 Å². The normalized spacial score (nSPS) is 29.6. The maximum atomic E-state index is 12.2. The molecule has 0 aromatic heterocycles. The average Bonchev–Trinajstić information content (AvgIpc) is 2.33. The van der Waals surface area contributed by atoms with Crippen molar-refractivity contribution in [3.8, 4) is 0 Å². The van der Waals surface area contributed by atoms with E-state index in [2.05, 4.69) is 12.2 Å². The Morgan fingerprint density at radius 3 is 2.55 bits per heavy atom. The van der Waals surface area contributed by atoms with Crippen molar-refractivity contribution >= 4 is 18.3 Å². The Morgan fingerprint density at radius 2 is 2.10 bits per heavy atom. The monoisotopic (exact) mass is 304 g/mol. The van der Waals surface area contributed by atoms with E-state index in [1.165, 1.54) is 19.3 Å². The zero-order chi connectivity index (χ0) is 14.0. The number of rotatable bonds is 6. The highest BCUT2D eigenvalue weighted by atomic mass is 35.5. The van der Waals surface area contributed by atoms with Crippen LogP contribution in [0.3, 0.4) is 0 Å². The molecule has 0 aliphatic heterocycles. The van der Waals surface area contributed by atoms with Crippen LogP contribution < -0.4 is 11.1 Å². The first kappa shape index (κ1) is 17.7. The third-order valence-electron chi connectivity index (χ3n) is 5.31. The fraction of sp³-hybridized carbons (Fsp3) is 0.933. The largest absolute Gasteiger partial charge is 0.378 e. The Kier molecular flexibility index (Phi) is 6.29. The fourth-order valence-electron chi connectivity index (χ4n) is 3.42. The van der Waals surface area contributed by atoms with Crippen LogP contribution in [0.15, 0.2) is 0 Å². The molecule has 2 aliphatic rings. The summed E-state index contributed by atoms with van der Waals surface area (Å²) in [5, 5.41) is 3.17.